The van der Waals surface area contributed by atoms with Crippen LogP contribution >= 0.6 is 34.7 Å². The molecule has 0 N–H and O–H groups in total. The number of fused-ring (bicyclic) bond motifs is 1. The van der Waals surface area contributed by atoms with Gasteiger partial charge in [0.2, 0.25) is 5.91 Å². The monoisotopic (exact) mass is 465 g/mol. The lowest BCUT2D eigenvalue weighted by molar-refractivity contribution is -0.116. The molecule has 1 fully saturated rings. The summed E-state index contributed by atoms with van der Waals surface area (Å²) < 4.78 is 19.7. The van der Waals surface area contributed by atoms with Crippen LogP contribution in [0.1, 0.15) is 0 Å². The molecule has 30 heavy (non-hydrogen) atoms. The molecule has 2 heterocycles. The van der Waals surface area contributed by atoms with E-state index in [0.717, 1.165) is 29.2 Å². The number of benzene rings is 2. The molecule has 4 rings (SSSR count). The molecule has 1 aliphatic rings. The van der Waals surface area contributed by atoms with Crippen molar-refractivity contribution < 1.29 is 13.9 Å². The van der Waals surface area contributed by atoms with Crippen molar-refractivity contribution in [3.63, 3.8) is 0 Å². The summed E-state index contributed by atoms with van der Waals surface area (Å²) in [6, 6.07) is 11.9. The fraction of sp³-hybridized carbons (Fsp3) is 0.333. The normalized spacial score (nSPS) is 14.9. The van der Waals surface area contributed by atoms with Crippen LogP contribution in [0.4, 0.5) is 9.52 Å². The van der Waals surface area contributed by atoms with E-state index >= 15 is 0 Å². The second-order valence-corrected chi connectivity index (χ2v) is 9.34. The molecule has 9 heteroatoms. The number of carbonyl (C=O) groups is 1. The molecule has 1 aromatic heterocycles. The number of nitrogens with zero attached hydrogens (tertiary/aromatic N) is 3. The van der Waals surface area contributed by atoms with Crippen LogP contribution in [0.5, 0.6) is 0 Å². The molecule has 158 valence electrons. The van der Waals surface area contributed by atoms with Gasteiger partial charge in [-0.15, -0.1) is 11.8 Å². The van der Waals surface area contributed by atoms with Gasteiger partial charge in [0.15, 0.2) is 5.13 Å². The Kier molecular flexibility index (Phi) is 7.22. The molecular weight excluding hydrogens is 445 g/mol. The van der Waals surface area contributed by atoms with Gasteiger partial charge in [-0.2, -0.15) is 0 Å². The third-order valence-electron chi connectivity index (χ3n) is 4.79. The van der Waals surface area contributed by atoms with Crippen LogP contribution < -0.4 is 4.90 Å². The number of rotatable bonds is 7. The quantitative estimate of drug-likeness (QED) is 0.479. The number of ether oxygens (including phenoxy) is 1. The van der Waals surface area contributed by atoms with E-state index in [2.05, 4.69) is 9.88 Å². The molecule has 3 aromatic rings. The molecule has 0 spiro atoms. The first kappa shape index (κ1) is 21.5. The Labute approximate surface area is 187 Å². The molecule has 0 aliphatic carbocycles. The van der Waals surface area contributed by atoms with Crippen molar-refractivity contribution in [3.05, 3.63) is 53.3 Å². The number of morpholine rings is 1. The van der Waals surface area contributed by atoms with Gasteiger partial charge in [-0.3, -0.25) is 14.6 Å². The smallest absolute Gasteiger partial charge is 0.239 e. The van der Waals surface area contributed by atoms with Crippen molar-refractivity contribution in [1.29, 1.82) is 0 Å². The number of thiazole rings is 1. The lowest BCUT2D eigenvalue weighted by atomic mass is 10.3. The lowest BCUT2D eigenvalue weighted by Gasteiger charge is -2.29. The van der Waals surface area contributed by atoms with E-state index in [1.807, 2.05) is 24.3 Å². The minimum Gasteiger partial charge on any atom is -0.379 e. The van der Waals surface area contributed by atoms with Crippen molar-refractivity contribution in [3.8, 4) is 0 Å². The maximum atomic E-state index is 13.6. The predicted molar refractivity (Wildman–Crippen MR) is 121 cm³/mol. The van der Waals surface area contributed by atoms with E-state index in [4.69, 9.17) is 16.3 Å². The summed E-state index contributed by atoms with van der Waals surface area (Å²) in [5.41, 5.74) is 0.700. The summed E-state index contributed by atoms with van der Waals surface area (Å²) in [4.78, 5) is 22.7. The zero-order chi connectivity index (χ0) is 20.9. The zero-order valence-electron chi connectivity index (χ0n) is 16.2. The Morgan fingerprint density at radius 3 is 2.77 bits per heavy atom. The van der Waals surface area contributed by atoms with Gasteiger partial charge >= 0.3 is 0 Å². The fourth-order valence-corrected chi connectivity index (χ4v) is 5.08. The van der Waals surface area contributed by atoms with Gasteiger partial charge < -0.3 is 4.74 Å². The van der Waals surface area contributed by atoms with Crippen molar-refractivity contribution in [2.75, 3.05) is 50.0 Å². The van der Waals surface area contributed by atoms with E-state index in [1.54, 1.807) is 11.0 Å². The molecule has 2 aromatic carbocycles. The Morgan fingerprint density at radius 1 is 1.23 bits per heavy atom. The van der Waals surface area contributed by atoms with Gasteiger partial charge in [0, 0.05) is 36.1 Å². The highest BCUT2D eigenvalue weighted by Gasteiger charge is 2.22. The number of carbonyl (C=O) groups excluding carboxylic acids is 1. The zero-order valence-corrected chi connectivity index (χ0v) is 18.6. The molecule has 0 saturated carbocycles. The van der Waals surface area contributed by atoms with Gasteiger partial charge in [-0.05, 0) is 42.5 Å². The molecule has 1 amide bonds. The fourth-order valence-electron chi connectivity index (χ4n) is 3.15. The summed E-state index contributed by atoms with van der Waals surface area (Å²) >= 11 is 8.74. The van der Waals surface area contributed by atoms with Crippen LogP contribution in [0.25, 0.3) is 10.2 Å². The van der Waals surface area contributed by atoms with Crippen LogP contribution in [-0.2, 0) is 9.53 Å². The summed E-state index contributed by atoms with van der Waals surface area (Å²) in [5, 5.41) is 1.27. The molecule has 0 atom stereocenters. The molecule has 1 aliphatic heterocycles. The van der Waals surface area contributed by atoms with E-state index < -0.39 is 0 Å². The van der Waals surface area contributed by atoms with Crippen molar-refractivity contribution in [2.24, 2.45) is 0 Å². The van der Waals surface area contributed by atoms with E-state index in [-0.39, 0.29) is 17.5 Å². The molecule has 0 bridgehead atoms. The summed E-state index contributed by atoms with van der Waals surface area (Å²) in [5.74, 6) is -0.0420. The molecule has 5 nitrogen and oxygen atoms in total. The third kappa shape index (κ3) is 5.50. The number of aromatic nitrogens is 1. The summed E-state index contributed by atoms with van der Waals surface area (Å²) in [6.07, 6.45) is 0. The molecular formula is C21H21ClFN3O2S2. The topological polar surface area (TPSA) is 45.7 Å². The standard InChI is InChI=1S/C21H21ClFN3O2S2/c22-15-1-4-17(5-2-15)29-14-20(27)26(8-7-25-9-11-28-12-10-25)21-24-18-6-3-16(23)13-19(18)30-21/h1-6,13H,7-12,14H2. The van der Waals surface area contributed by atoms with Crippen LogP contribution in [-0.4, -0.2) is 60.9 Å². The van der Waals surface area contributed by atoms with Gasteiger partial charge in [0.1, 0.15) is 5.82 Å². The minimum absolute atomic E-state index is 0.0252. The minimum atomic E-state index is -0.304. The first-order valence-electron chi connectivity index (χ1n) is 9.63. The highest BCUT2D eigenvalue weighted by Crippen LogP contribution is 2.30. The van der Waals surface area contributed by atoms with Crippen molar-refractivity contribution in [1.82, 2.24) is 9.88 Å². The molecule has 0 radical (unpaired) electrons. The number of amides is 1. The van der Waals surface area contributed by atoms with Crippen LogP contribution in [0.2, 0.25) is 5.02 Å². The highest BCUT2D eigenvalue weighted by molar-refractivity contribution is 8.00. The Hall–Kier alpha value is -1.71. The SMILES string of the molecule is O=C(CSc1ccc(Cl)cc1)N(CCN1CCOCC1)c1nc2ccc(F)cc2s1. The second-order valence-electron chi connectivity index (χ2n) is 6.85. The Bertz CT molecular complexity index is 1010. The second kappa shape index (κ2) is 10.1. The van der Waals surface area contributed by atoms with E-state index in [0.29, 0.717) is 35.4 Å². The Morgan fingerprint density at radius 2 is 2.00 bits per heavy atom. The summed E-state index contributed by atoms with van der Waals surface area (Å²) in [6.45, 7) is 4.40. The average Bonchev–Trinajstić information content (AvgIpc) is 3.17. The van der Waals surface area contributed by atoms with Gasteiger partial charge in [0.05, 0.1) is 29.2 Å². The first-order valence-corrected chi connectivity index (χ1v) is 11.8. The maximum absolute atomic E-state index is 13.6. The number of hydrogen-bond acceptors (Lipinski definition) is 6. The van der Waals surface area contributed by atoms with E-state index in [1.165, 1.54) is 35.2 Å². The largest absolute Gasteiger partial charge is 0.379 e. The first-order chi connectivity index (χ1) is 14.6. The van der Waals surface area contributed by atoms with Crippen molar-refractivity contribution >= 4 is 56.0 Å². The van der Waals surface area contributed by atoms with Crippen LogP contribution in [0.3, 0.4) is 0 Å². The van der Waals surface area contributed by atoms with E-state index in [9.17, 15) is 9.18 Å². The van der Waals surface area contributed by atoms with Gasteiger partial charge in [-0.25, -0.2) is 9.37 Å². The number of halogens is 2. The highest BCUT2D eigenvalue weighted by atomic mass is 35.5. The lowest BCUT2D eigenvalue weighted by Crippen LogP contribution is -2.43. The Balaban J connectivity index is 1.50. The number of thioether (sulfide) groups is 1. The number of anilines is 1. The molecule has 1 saturated heterocycles. The van der Waals surface area contributed by atoms with Gasteiger partial charge in [-0.1, -0.05) is 22.9 Å². The third-order valence-corrected chi connectivity index (χ3v) is 7.08. The average molecular weight is 466 g/mol. The van der Waals surface area contributed by atoms with Crippen LogP contribution in [0.15, 0.2) is 47.4 Å². The predicted octanol–water partition coefficient (Wildman–Crippen LogP) is 4.55. The van der Waals surface area contributed by atoms with Crippen LogP contribution in [0, 0.1) is 5.82 Å². The number of hydrogen-bond donors (Lipinski definition) is 0. The van der Waals surface area contributed by atoms with Crippen molar-refractivity contribution in [2.45, 2.75) is 4.90 Å². The molecule has 0 unspecified atom stereocenters. The van der Waals surface area contributed by atoms with Gasteiger partial charge in [0.25, 0.3) is 0 Å². The maximum Gasteiger partial charge on any atom is 0.239 e. The summed E-state index contributed by atoms with van der Waals surface area (Å²) in [7, 11) is 0.